The van der Waals surface area contributed by atoms with E-state index in [1.54, 1.807) is 6.92 Å². The van der Waals surface area contributed by atoms with Crippen molar-refractivity contribution in [3.05, 3.63) is 75.5 Å². The van der Waals surface area contributed by atoms with E-state index in [0.29, 0.717) is 16.5 Å². The Kier molecular flexibility index (Phi) is 6.55. The molecule has 1 N–H and O–H groups in total. The fourth-order valence-corrected chi connectivity index (χ4v) is 3.44. The third-order valence-corrected chi connectivity index (χ3v) is 5.05. The van der Waals surface area contributed by atoms with Gasteiger partial charge in [-0.05, 0) is 48.2 Å². The largest absolute Gasteiger partial charge is 0.349 e. The summed E-state index contributed by atoms with van der Waals surface area (Å²) in [6.07, 6.45) is -1.07. The van der Waals surface area contributed by atoms with Gasteiger partial charge in [0.25, 0.3) is 12.3 Å². The van der Waals surface area contributed by atoms with Crippen LogP contribution in [0.25, 0.3) is 11.1 Å². The minimum atomic E-state index is -2.82. The SMILES string of the molecule is CC(Cc1ccc(-c2ccc(Cl)cc2)cc1Cl)NC(=O)c1cn(C)nc1C(F)F. The molecular weight excluding hydrogens is 419 g/mol. The lowest BCUT2D eigenvalue weighted by molar-refractivity contribution is 0.0925. The number of carbonyl (C=O) groups excluding carboxylic acids is 1. The summed E-state index contributed by atoms with van der Waals surface area (Å²) in [7, 11) is 1.49. The first-order valence-electron chi connectivity index (χ1n) is 8.91. The molecule has 3 rings (SSSR count). The Morgan fingerprint density at radius 2 is 1.79 bits per heavy atom. The molecule has 152 valence electrons. The van der Waals surface area contributed by atoms with Gasteiger partial charge < -0.3 is 5.32 Å². The number of nitrogens with zero attached hydrogens (tertiary/aromatic N) is 2. The van der Waals surface area contributed by atoms with E-state index in [0.717, 1.165) is 16.7 Å². The maximum absolute atomic E-state index is 13.1. The predicted molar refractivity (Wildman–Crippen MR) is 111 cm³/mol. The number of amides is 1. The third-order valence-electron chi connectivity index (χ3n) is 4.44. The Hall–Kier alpha value is -2.44. The molecule has 3 aromatic rings. The molecule has 1 heterocycles. The minimum Gasteiger partial charge on any atom is -0.349 e. The van der Waals surface area contributed by atoms with E-state index in [-0.39, 0.29) is 11.6 Å². The first-order valence-corrected chi connectivity index (χ1v) is 9.67. The van der Waals surface area contributed by atoms with Crippen molar-refractivity contribution in [3.63, 3.8) is 0 Å². The second-order valence-corrected chi connectivity index (χ2v) is 7.64. The molecule has 0 saturated carbocycles. The number of benzene rings is 2. The Balaban J connectivity index is 1.70. The topological polar surface area (TPSA) is 46.9 Å². The summed E-state index contributed by atoms with van der Waals surface area (Å²) in [5.41, 5.74) is 2.13. The highest BCUT2D eigenvalue weighted by Crippen LogP contribution is 2.27. The zero-order valence-corrected chi connectivity index (χ0v) is 17.3. The molecule has 1 atom stereocenters. The van der Waals surface area contributed by atoms with Crippen molar-refractivity contribution in [2.75, 3.05) is 0 Å². The van der Waals surface area contributed by atoms with Crippen molar-refractivity contribution < 1.29 is 13.6 Å². The van der Waals surface area contributed by atoms with Crippen molar-refractivity contribution >= 4 is 29.1 Å². The molecule has 1 amide bonds. The number of carbonyl (C=O) groups is 1. The number of aryl methyl sites for hydroxylation is 1. The van der Waals surface area contributed by atoms with Crippen molar-refractivity contribution in [2.45, 2.75) is 25.8 Å². The van der Waals surface area contributed by atoms with Crippen LogP contribution in [0.4, 0.5) is 8.78 Å². The van der Waals surface area contributed by atoms with Crippen LogP contribution in [0.15, 0.2) is 48.7 Å². The second-order valence-electron chi connectivity index (χ2n) is 6.79. The lowest BCUT2D eigenvalue weighted by Gasteiger charge is -2.15. The molecule has 1 aromatic heterocycles. The molecule has 0 spiro atoms. The van der Waals surface area contributed by atoms with Gasteiger partial charge >= 0.3 is 0 Å². The first kappa shape index (κ1) is 21.3. The van der Waals surface area contributed by atoms with Gasteiger partial charge in [0.1, 0.15) is 5.69 Å². The van der Waals surface area contributed by atoms with Crippen LogP contribution in [0, 0.1) is 0 Å². The van der Waals surface area contributed by atoms with Crippen molar-refractivity contribution in [3.8, 4) is 11.1 Å². The smallest absolute Gasteiger partial charge is 0.282 e. The molecule has 0 aliphatic heterocycles. The fraction of sp³-hybridized carbons (Fsp3) is 0.238. The molecule has 4 nitrogen and oxygen atoms in total. The third kappa shape index (κ3) is 5.14. The van der Waals surface area contributed by atoms with E-state index in [1.807, 2.05) is 42.5 Å². The molecule has 0 saturated heterocycles. The van der Waals surface area contributed by atoms with Gasteiger partial charge in [0.15, 0.2) is 0 Å². The van der Waals surface area contributed by atoms with Crippen LogP contribution in [0.2, 0.25) is 10.0 Å². The molecule has 29 heavy (non-hydrogen) atoms. The number of hydrogen-bond acceptors (Lipinski definition) is 2. The van der Waals surface area contributed by atoms with Crippen molar-refractivity contribution in [2.24, 2.45) is 7.05 Å². The molecule has 2 aromatic carbocycles. The van der Waals surface area contributed by atoms with Crippen LogP contribution in [-0.2, 0) is 13.5 Å². The van der Waals surface area contributed by atoms with Gasteiger partial charge in [0.05, 0.1) is 5.56 Å². The van der Waals surface area contributed by atoms with Gasteiger partial charge in [0, 0.05) is 29.3 Å². The molecule has 0 radical (unpaired) electrons. The molecule has 0 bridgehead atoms. The Morgan fingerprint density at radius 3 is 2.41 bits per heavy atom. The first-order chi connectivity index (χ1) is 13.7. The predicted octanol–water partition coefficient (Wildman–Crippen LogP) is 5.69. The van der Waals surface area contributed by atoms with Gasteiger partial charge in [-0.3, -0.25) is 9.48 Å². The van der Waals surface area contributed by atoms with E-state index in [1.165, 1.54) is 17.9 Å². The van der Waals surface area contributed by atoms with E-state index in [4.69, 9.17) is 23.2 Å². The van der Waals surface area contributed by atoms with E-state index in [2.05, 4.69) is 10.4 Å². The van der Waals surface area contributed by atoms with Gasteiger partial charge in [0.2, 0.25) is 0 Å². The van der Waals surface area contributed by atoms with Crippen LogP contribution in [0.3, 0.4) is 0 Å². The Bertz CT molecular complexity index is 1020. The van der Waals surface area contributed by atoms with E-state index < -0.39 is 18.0 Å². The Labute approximate surface area is 177 Å². The minimum absolute atomic E-state index is 0.126. The zero-order chi connectivity index (χ0) is 21.1. The second kappa shape index (κ2) is 8.93. The number of rotatable bonds is 6. The monoisotopic (exact) mass is 437 g/mol. The van der Waals surface area contributed by atoms with E-state index >= 15 is 0 Å². The molecule has 1 unspecified atom stereocenters. The summed E-state index contributed by atoms with van der Waals surface area (Å²) in [5, 5.41) is 7.61. The van der Waals surface area contributed by atoms with Crippen LogP contribution in [-0.4, -0.2) is 21.7 Å². The molecule has 8 heteroatoms. The van der Waals surface area contributed by atoms with Crippen LogP contribution in [0.1, 0.15) is 35.0 Å². The lowest BCUT2D eigenvalue weighted by Crippen LogP contribution is -2.34. The summed E-state index contributed by atoms with van der Waals surface area (Å²) in [5.74, 6) is -0.588. The summed E-state index contributed by atoms with van der Waals surface area (Å²) in [6, 6.07) is 12.8. The highest BCUT2D eigenvalue weighted by Gasteiger charge is 2.23. The van der Waals surface area contributed by atoms with Crippen molar-refractivity contribution in [1.82, 2.24) is 15.1 Å². The quantitative estimate of drug-likeness (QED) is 0.537. The normalized spacial score (nSPS) is 12.2. The molecule has 0 aliphatic carbocycles. The number of halogens is 4. The van der Waals surface area contributed by atoms with Crippen molar-refractivity contribution in [1.29, 1.82) is 0 Å². The van der Waals surface area contributed by atoms with Gasteiger partial charge in [-0.1, -0.05) is 47.5 Å². The van der Waals surface area contributed by atoms with Gasteiger partial charge in [-0.2, -0.15) is 5.10 Å². The number of nitrogens with one attached hydrogen (secondary N) is 1. The van der Waals surface area contributed by atoms with Crippen LogP contribution < -0.4 is 5.32 Å². The van der Waals surface area contributed by atoms with E-state index in [9.17, 15) is 13.6 Å². The maximum atomic E-state index is 13.1. The standard InChI is InChI=1S/C21H19Cl2F2N3O/c1-12(26-21(29)17-11-28(2)27-19(17)20(24)25)9-15-4-3-14(10-18(15)23)13-5-7-16(22)8-6-13/h3-8,10-12,20H,9H2,1-2H3,(H,26,29). The summed E-state index contributed by atoms with van der Waals surface area (Å²) >= 11 is 12.3. The highest BCUT2D eigenvalue weighted by atomic mass is 35.5. The number of alkyl halides is 2. The van der Waals surface area contributed by atoms with Gasteiger partial charge in [-0.15, -0.1) is 0 Å². The lowest BCUT2D eigenvalue weighted by atomic mass is 10.0. The summed E-state index contributed by atoms with van der Waals surface area (Å²) in [4.78, 5) is 12.4. The molecule has 0 aliphatic rings. The molecule has 0 fully saturated rings. The Morgan fingerprint density at radius 1 is 1.14 bits per heavy atom. The maximum Gasteiger partial charge on any atom is 0.282 e. The average Bonchev–Trinajstić information content (AvgIpc) is 3.06. The van der Waals surface area contributed by atoms with Crippen LogP contribution >= 0.6 is 23.2 Å². The zero-order valence-electron chi connectivity index (χ0n) is 15.8. The molecular formula is C21H19Cl2F2N3O. The van der Waals surface area contributed by atoms with Crippen LogP contribution in [0.5, 0.6) is 0 Å². The fourth-order valence-electron chi connectivity index (χ4n) is 3.06. The van der Waals surface area contributed by atoms with Gasteiger partial charge in [-0.25, -0.2) is 8.78 Å². The summed E-state index contributed by atoms with van der Waals surface area (Å²) in [6.45, 7) is 1.79. The average molecular weight is 438 g/mol. The number of hydrogen-bond donors (Lipinski definition) is 1. The summed E-state index contributed by atoms with van der Waals surface area (Å²) < 4.78 is 27.3. The number of aromatic nitrogens is 2. The highest BCUT2D eigenvalue weighted by molar-refractivity contribution is 6.31.